The lowest BCUT2D eigenvalue weighted by atomic mass is 9.70. The van der Waals surface area contributed by atoms with E-state index in [4.69, 9.17) is 0 Å². The minimum absolute atomic E-state index is 0.0195. The number of hydrogen-bond donors (Lipinski definition) is 1. The van der Waals surface area contributed by atoms with Crippen molar-refractivity contribution in [2.75, 3.05) is 0 Å². The molecule has 0 atom stereocenters. The summed E-state index contributed by atoms with van der Waals surface area (Å²) in [6, 6.07) is 6.87. The van der Waals surface area contributed by atoms with E-state index in [2.05, 4.69) is 0 Å². The molecule has 1 aromatic rings. The van der Waals surface area contributed by atoms with Gasteiger partial charge in [-0.3, -0.25) is 9.59 Å². The molecule has 3 aliphatic rings. The maximum Gasteiger partial charge on any atom is 0.234 e. The Morgan fingerprint density at radius 1 is 0.778 bits per heavy atom. The monoisotopic (exact) mass is 366 g/mol. The number of rotatable bonds is 4. The number of allylic oxidation sites excluding steroid dienone is 1. The molecule has 3 aliphatic carbocycles. The Morgan fingerprint density at radius 3 is 2.11 bits per heavy atom. The zero-order valence-corrected chi connectivity index (χ0v) is 16.1. The lowest BCUT2D eigenvalue weighted by molar-refractivity contribution is -0.112. The highest BCUT2D eigenvalue weighted by Gasteiger charge is 2.33. The number of carbonyl (C=O) groups is 2. The summed E-state index contributed by atoms with van der Waals surface area (Å²) in [6.07, 6.45) is 13.6. The van der Waals surface area contributed by atoms with E-state index in [1.165, 1.54) is 57.8 Å². The number of fused-ring (bicyclic) bond motifs is 1. The summed E-state index contributed by atoms with van der Waals surface area (Å²) in [7, 11) is 0. The van der Waals surface area contributed by atoms with Gasteiger partial charge in [0.15, 0.2) is 0 Å². The predicted octanol–water partition coefficient (Wildman–Crippen LogP) is 5.89. The fourth-order valence-corrected chi connectivity index (χ4v) is 5.55. The summed E-state index contributed by atoms with van der Waals surface area (Å²) >= 11 is 0. The number of benzene rings is 1. The summed E-state index contributed by atoms with van der Waals surface area (Å²) < 4.78 is 0. The Hall–Kier alpha value is -1.90. The molecule has 0 bridgehead atoms. The minimum Gasteiger partial charge on any atom is -0.507 e. The van der Waals surface area contributed by atoms with Gasteiger partial charge in [-0.2, -0.15) is 0 Å². The lowest BCUT2D eigenvalue weighted by Crippen LogP contribution is -2.26. The third kappa shape index (κ3) is 3.74. The van der Waals surface area contributed by atoms with Gasteiger partial charge in [0.05, 0.1) is 0 Å². The molecule has 1 N–H and O–H groups in total. The molecular weight excluding hydrogens is 336 g/mol. The summed E-state index contributed by atoms with van der Waals surface area (Å²) in [4.78, 5) is 24.8. The van der Waals surface area contributed by atoms with Gasteiger partial charge in [-0.05, 0) is 43.4 Å². The van der Waals surface area contributed by atoms with Crippen LogP contribution in [-0.2, 0) is 4.79 Å². The van der Waals surface area contributed by atoms with Crippen molar-refractivity contribution >= 4 is 17.3 Å². The molecule has 0 aliphatic heterocycles. The normalized spacial score (nSPS) is 27.0. The van der Waals surface area contributed by atoms with Gasteiger partial charge in [-0.25, -0.2) is 0 Å². The van der Waals surface area contributed by atoms with Crippen molar-refractivity contribution in [3.63, 3.8) is 0 Å². The van der Waals surface area contributed by atoms with Crippen molar-refractivity contribution < 1.29 is 14.7 Å². The van der Waals surface area contributed by atoms with E-state index in [1.54, 1.807) is 24.3 Å². The van der Waals surface area contributed by atoms with Crippen LogP contribution in [0.5, 0.6) is 0 Å². The highest BCUT2D eigenvalue weighted by molar-refractivity contribution is 6.52. The first kappa shape index (κ1) is 18.5. The molecule has 2 saturated carbocycles. The number of carbonyl (C=O) groups excluding carboxylic acids is 2. The van der Waals surface area contributed by atoms with Gasteiger partial charge >= 0.3 is 0 Å². The Balaban J connectivity index is 1.36. The molecule has 0 saturated heterocycles. The van der Waals surface area contributed by atoms with Gasteiger partial charge in [0.25, 0.3) is 0 Å². The highest BCUT2D eigenvalue weighted by atomic mass is 16.3. The van der Waals surface area contributed by atoms with Crippen molar-refractivity contribution in [3.8, 4) is 0 Å². The van der Waals surface area contributed by atoms with Gasteiger partial charge in [0.1, 0.15) is 5.76 Å². The van der Waals surface area contributed by atoms with Crippen LogP contribution in [0.3, 0.4) is 0 Å². The first-order chi connectivity index (χ1) is 13.1. The first-order valence-corrected chi connectivity index (χ1v) is 10.8. The molecule has 144 valence electrons. The first-order valence-electron chi connectivity index (χ1n) is 10.8. The third-order valence-corrected chi connectivity index (χ3v) is 7.20. The number of hydrogen-bond acceptors (Lipinski definition) is 3. The summed E-state index contributed by atoms with van der Waals surface area (Å²) in [5.74, 6) is 1.50. The van der Waals surface area contributed by atoms with Crippen LogP contribution in [0.4, 0.5) is 0 Å². The van der Waals surface area contributed by atoms with Gasteiger partial charge < -0.3 is 5.11 Å². The Morgan fingerprint density at radius 2 is 1.41 bits per heavy atom. The molecule has 27 heavy (non-hydrogen) atoms. The summed E-state index contributed by atoms with van der Waals surface area (Å²) in [5, 5.41) is 10.6. The molecule has 0 spiro atoms. The molecule has 2 fully saturated rings. The molecular formula is C24H30O3. The van der Waals surface area contributed by atoms with E-state index in [0.717, 1.165) is 18.3 Å². The molecule has 0 heterocycles. The van der Waals surface area contributed by atoms with Crippen molar-refractivity contribution in [1.82, 2.24) is 0 Å². The Kier molecular flexibility index (Phi) is 5.47. The van der Waals surface area contributed by atoms with Crippen molar-refractivity contribution in [2.24, 2.45) is 17.8 Å². The van der Waals surface area contributed by atoms with Crippen LogP contribution in [0.2, 0.25) is 0 Å². The van der Waals surface area contributed by atoms with E-state index < -0.39 is 11.6 Å². The lowest BCUT2D eigenvalue weighted by Gasteiger charge is -2.36. The van der Waals surface area contributed by atoms with Crippen LogP contribution in [0.1, 0.15) is 86.6 Å². The number of aliphatic hydroxyl groups excluding tert-OH is 1. The second-order valence-corrected chi connectivity index (χ2v) is 8.75. The third-order valence-electron chi connectivity index (χ3n) is 7.20. The van der Waals surface area contributed by atoms with Crippen LogP contribution in [-0.4, -0.2) is 16.7 Å². The molecule has 4 rings (SSSR count). The zero-order chi connectivity index (χ0) is 18.8. The van der Waals surface area contributed by atoms with Crippen LogP contribution in [0, 0.1) is 17.8 Å². The van der Waals surface area contributed by atoms with Crippen LogP contribution in [0.25, 0.3) is 5.76 Å². The molecule has 0 unspecified atom stereocenters. The zero-order valence-electron chi connectivity index (χ0n) is 16.1. The smallest absolute Gasteiger partial charge is 0.234 e. The molecule has 0 radical (unpaired) electrons. The Labute approximate surface area is 161 Å². The van der Waals surface area contributed by atoms with E-state index in [9.17, 15) is 14.7 Å². The SMILES string of the molecule is O=C1C(=O)c2ccccc2C(O)=C1CCC1CCC(C2CCCCC2)CC1. The summed E-state index contributed by atoms with van der Waals surface area (Å²) in [6.45, 7) is 0. The van der Waals surface area contributed by atoms with Gasteiger partial charge in [0, 0.05) is 16.7 Å². The van der Waals surface area contributed by atoms with E-state index in [-0.39, 0.29) is 5.76 Å². The molecule has 3 heteroatoms. The molecule has 3 nitrogen and oxygen atoms in total. The standard InChI is InChI=1S/C24H30O3/c25-22-19-8-4-5-9-20(19)23(26)24(27)21(22)15-12-16-10-13-18(14-11-16)17-6-2-1-3-7-17/h4-5,8-9,16-18,25H,1-3,6-7,10-15H2. The number of Topliss-reactive ketones (excluding diaryl/α,β-unsaturated/α-hetero) is 2. The average molecular weight is 367 g/mol. The maximum atomic E-state index is 12.5. The van der Waals surface area contributed by atoms with Crippen molar-refractivity contribution in [1.29, 1.82) is 0 Å². The van der Waals surface area contributed by atoms with E-state index in [1.807, 2.05) is 0 Å². The summed E-state index contributed by atoms with van der Waals surface area (Å²) in [5.41, 5.74) is 1.17. The van der Waals surface area contributed by atoms with Crippen LogP contribution < -0.4 is 0 Å². The number of aliphatic hydroxyl groups is 1. The maximum absolute atomic E-state index is 12.5. The fourth-order valence-electron chi connectivity index (χ4n) is 5.55. The fraction of sp³-hybridized carbons (Fsp3) is 0.583. The van der Waals surface area contributed by atoms with Gasteiger partial charge in [-0.1, -0.05) is 69.2 Å². The van der Waals surface area contributed by atoms with Crippen LogP contribution >= 0.6 is 0 Å². The minimum atomic E-state index is -0.512. The van der Waals surface area contributed by atoms with Crippen molar-refractivity contribution in [2.45, 2.75) is 70.6 Å². The highest BCUT2D eigenvalue weighted by Crippen LogP contribution is 2.41. The predicted molar refractivity (Wildman–Crippen MR) is 107 cm³/mol. The van der Waals surface area contributed by atoms with Gasteiger partial charge in [0.2, 0.25) is 11.6 Å². The van der Waals surface area contributed by atoms with Crippen molar-refractivity contribution in [3.05, 3.63) is 41.0 Å². The number of ketones is 2. The average Bonchev–Trinajstić information content (AvgIpc) is 2.73. The topological polar surface area (TPSA) is 54.4 Å². The molecule has 0 aromatic heterocycles. The quantitative estimate of drug-likeness (QED) is 0.676. The van der Waals surface area contributed by atoms with Crippen LogP contribution in [0.15, 0.2) is 29.8 Å². The Bertz CT molecular complexity index is 747. The van der Waals surface area contributed by atoms with E-state index >= 15 is 0 Å². The molecule has 1 aromatic carbocycles. The van der Waals surface area contributed by atoms with Gasteiger partial charge in [-0.15, -0.1) is 0 Å². The largest absolute Gasteiger partial charge is 0.507 e. The second kappa shape index (κ2) is 8.00. The second-order valence-electron chi connectivity index (χ2n) is 8.75. The molecule has 0 amide bonds. The van der Waals surface area contributed by atoms with E-state index in [0.29, 0.717) is 29.0 Å².